The van der Waals surface area contributed by atoms with Crippen molar-refractivity contribution in [2.75, 3.05) is 0 Å². The number of hydrogen-bond donors (Lipinski definition) is 1. The Hall–Kier alpha value is -3.08. The van der Waals surface area contributed by atoms with E-state index in [2.05, 4.69) is 41.0 Å². The maximum atomic E-state index is 12.9. The standard InChI is InChI=1S/C18H12BrF3N6O/c1-8-5-10(19)6-9(2)13(8)28-7-11-14(27-28)25-15(26-16(11)29)12-3-4-23-17(24-12)18(20,21)22/h3-7H,1-2H3,(H,25,26,27,29). The number of nitrogens with zero attached hydrogens (tertiary/aromatic N) is 5. The van der Waals surface area contributed by atoms with Crippen molar-refractivity contribution in [3.8, 4) is 17.2 Å². The van der Waals surface area contributed by atoms with Crippen LogP contribution in [0.25, 0.3) is 28.2 Å². The van der Waals surface area contributed by atoms with Gasteiger partial charge in [0, 0.05) is 16.9 Å². The molecule has 3 aromatic heterocycles. The van der Waals surface area contributed by atoms with E-state index in [1.807, 2.05) is 26.0 Å². The Labute approximate surface area is 169 Å². The van der Waals surface area contributed by atoms with Gasteiger partial charge >= 0.3 is 6.18 Å². The van der Waals surface area contributed by atoms with Crippen LogP contribution in [0.4, 0.5) is 13.2 Å². The molecule has 0 aliphatic carbocycles. The number of nitrogens with one attached hydrogen (secondary N) is 1. The minimum Gasteiger partial charge on any atom is -0.305 e. The Morgan fingerprint density at radius 3 is 2.48 bits per heavy atom. The second-order valence-electron chi connectivity index (χ2n) is 6.38. The monoisotopic (exact) mass is 464 g/mol. The number of H-pyrrole nitrogens is 1. The van der Waals surface area contributed by atoms with Crippen LogP contribution in [0.3, 0.4) is 0 Å². The van der Waals surface area contributed by atoms with Gasteiger partial charge in [0.15, 0.2) is 11.5 Å². The van der Waals surface area contributed by atoms with Gasteiger partial charge in [-0.3, -0.25) is 4.79 Å². The summed E-state index contributed by atoms with van der Waals surface area (Å²) in [5, 5.41) is 4.57. The Morgan fingerprint density at radius 2 is 1.83 bits per heavy atom. The van der Waals surface area contributed by atoms with Crippen LogP contribution in [0.15, 0.2) is 39.9 Å². The third-order valence-electron chi connectivity index (χ3n) is 4.23. The molecule has 0 spiro atoms. The number of rotatable bonds is 2. The molecule has 29 heavy (non-hydrogen) atoms. The summed E-state index contributed by atoms with van der Waals surface area (Å²) in [6.45, 7) is 3.81. The molecule has 0 bridgehead atoms. The zero-order valence-corrected chi connectivity index (χ0v) is 16.6. The molecule has 0 unspecified atom stereocenters. The molecule has 148 valence electrons. The molecule has 3 heterocycles. The molecule has 11 heteroatoms. The lowest BCUT2D eigenvalue weighted by Gasteiger charge is -2.10. The van der Waals surface area contributed by atoms with Crippen molar-refractivity contribution in [3.63, 3.8) is 0 Å². The van der Waals surface area contributed by atoms with Gasteiger partial charge in [-0.2, -0.15) is 13.2 Å². The molecule has 4 aromatic rings. The molecule has 0 atom stereocenters. The first-order valence-corrected chi connectivity index (χ1v) is 9.10. The number of fused-ring (bicyclic) bond motifs is 1. The van der Waals surface area contributed by atoms with Gasteiger partial charge in [-0.1, -0.05) is 15.9 Å². The summed E-state index contributed by atoms with van der Waals surface area (Å²) in [5.74, 6) is -1.44. The van der Waals surface area contributed by atoms with Gasteiger partial charge in [0.2, 0.25) is 5.82 Å². The van der Waals surface area contributed by atoms with Gasteiger partial charge in [0.05, 0.1) is 5.69 Å². The number of aromatic amines is 1. The normalized spacial score (nSPS) is 11.9. The van der Waals surface area contributed by atoms with Gasteiger partial charge in [0.25, 0.3) is 5.56 Å². The number of aromatic nitrogens is 6. The van der Waals surface area contributed by atoms with Gasteiger partial charge in [-0.15, -0.1) is 5.10 Å². The maximum Gasteiger partial charge on any atom is 0.451 e. The van der Waals surface area contributed by atoms with E-state index in [1.165, 1.54) is 16.9 Å². The van der Waals surface area contributed by atoms with Crippen molar-refractivity contribution in [1.82, 2.24) is 29.7 Å². The summed E-state index contributed by atoms with van der Waals surface area (Å²) in [7, 11) is 0. The van der Waals surface area contributed by atoms with E-state index in [0.29, 0.717) is 0 Å². The average Bonchev–Trinajstić information content (AvgIpc) is 3.04. The highest BCUT2D eigenvalue weighted by atomic mass is 79.9. The lowest BCUT2D eigenvalue weighted by molar-refractivity contribution is -0.144. The summed E-state index contributed by atoms with van der Waals surface area (Å²) in [6, 6.07) is 5.06. The van der Waals surface area contributed by atoms with Crippen LogP contribution < -0.4 is 5.56 Å². The predicted octanol–water partition coefficient (Wildman–Crippen LogP) is 3.96. The largest absolute Gasteiger partial charge is 0.451 e. The summed E-state index contributed by atoms with van der Waals surface area (Å²) in [4.78, 5) is 25.8. The van der Waals surface area contributed by atoms with Crippen LogP contribution in [0.2, 0.25) is 0 Å². The van der Waals surface area contributed by atoms with Crippen molar-refractivity contribution < 1.29 is 13.2 Å². The molecule has 1 N–H and O–H groups in total. The molecular weight excluding hydrogens is 453 g/mol. The van der Waals surface area contributed by atoms with E-state index in [1.54, 1.807) is 0 Å². The second-order valence-corrected chi connectivity index (χ2v) is 7.29. The summed E-state index contributed by atoms with van der Waals surface area (Å²) in [5.41, 5.74) is 2.04. The van der Waals surface area contributed by atoms with Crippen LogP contribution in [-0.4, -0.2) is 29.7 Å². The first-order chi connectivity index (χ1) is 13.6. The summed E-state index contributed by atoms with van der Waals surface area (Å²) in [6.07, 6.45) is -2.21. The van der Waals surface area contributed by atoms with E-state index in [-0.39, 0.29) is 22.6 Å². The Morgan fingerprint density at radius 1 is 1.14 bits per heavy atom. The van der Waals surface area contributed by atoms with Gasteiger partial charge in [-0.05, 0) is 43.2 Å². The average molecular weight is 465 g/mol. The predicted molar refractivity (Wildman–Crippen MR) is 103 cm³/mol. The molecule has 0 aliphatic rings. The number of aryl methyl sites for hydroxylation is 2. The lowest BCUT2D eigenvalue weighted by atomic mass is 10.1. The highest BCUT2D eigenvalue weighted by Gasteiger charge is 2.34. The minimum absolute atomic E-state index is 0.0950. The van der Waals surface area contributed by atoms with Crippen molar-refractivity contribution in [1.29, 1.82) is 0 Å². The fourth-order valence-corrected chi connectivity index (χ4v) is 3.73. The van der Waals surface area contributed by atoms with Gasteiger partial charge in [-0.25, -0.2) is 19.6 Å². The van der Waals surface area contributed by atoms with Crippen LogP contribution in [0.5, 0.6) is 0 Å². The van der Waals surface area contributed by atoms with E-state index in [4.69, 9.17) is 0 Å². The smallest absolute Gasteiger partial charge is 0.305 e. The molecule has 7 nitrogen and oxygen atoms in total. The fraction of sp³-hybridized carbons (Fsp3) is 0.167. The lowest BCUT2D eigenvalue weighted by Crippen LogP contribution is -2.13. The zero-order valence-electron chi connectivity index (χ0n) is 15.0. The molecule has 0 saturated heterocycles. The van der Waals surface area contributed by atoms with Gasteiger partial charge < -0.3 is 4.98 Å². The highest BCUT2D eigenvalue weighted by molar-refractivity contribution is 9.10. The molecular formula is C18H12BrF3N6O. The molecule has 0 radical (unpaired) electrons. The van der Waals surface area contributed by atoms with Crippen LogP contribution in [0, 0.1) is 13.8 Å². The number of halogens is 4. The molecule has 0 saturated carbocycles. The van der Waals surface area contributed by atoms with E-state index in [0.717, 1.165) is 27.5 Å². The van der Waals surface area contributed by atoms with Crippen molar-refractivity contribution in [3.05, 3.63) is 62.4 Å². The van der Waals surface area contributed by atoms with E-state index >= 15 is 0 Å². The third kappa shape index (κ3) is 3.53. The highest BCUT2D eigenvalue weighted by Crippen LogP contribution is 2.27. The summed E-state index contributed by atoms with van der Waals surface area (Å²) < 4.78 is 41.1. The van der Waals surface area contributed by atoms with Crippen molar-refractivity contribution in [2.45, 2.75) is 20.0 Å². The number of alkyl halides is 3. The zero-order chi connectivity index (χ0) is 20.9. The molecule has 0 fully saturated rings. The Kier molecular flexibility index (Phi) is 4.49. The molecule has 4 rings (SSSR count). The Bertz CT molecular complexity index is 1290. The molecule has 0 aliphatic heterocycles. The minimum atomic E-state index is -4.71. The first kappa shape index (κ1) is 19.2. The van der Waals surface area contributed by atoms with E-state index in [9.17, 15) is 18.0 Å². The fourth-order valence-electron chi connectivity index (χ4n) is 3.04. The topological polar surface area (TPSA) is 89.4 Å². The summed E-state index contributed by atoms with van der Waals surface area (Å²) >= 11 is 3.43. The maximum absolute atomic E-state index is 12.9. The van der Waals surface area contributed by atoms with Crippen LogP contribution in [-0.2, 0) is 6.18 Å². The quantitative estimate of drug-likeness (QED) is 0.484. The third-order valence-corrected chi connectivity index (χ3v) is 4.68. The number of hydrogen-bond acceptors (Lipinski definition) is 5. The second kappa shape index (κ2) is 6.76. The van der Waals surface area contributed by atoms with Gasteiger partial charge in [0.1, 0.15) is 11.1 Å². The van der Waals surface area contributed by atoms with Crippen LogP contribution in [0.1, 0.15) is 17.0 Å². The Balaban J connectivity index is 1.87. The van der Waals surface area contributed by atoms with Crippen LogP contribution >= 0.6 is 15.9 Å². The van der Waals surface area contributed by atoms with Crippen molar-refractivity contribution >= 4 is 27.0 Å². The van der Waals surface area contributed by atoms with Crippen molar-refractivity contribution in [2.24, 2.45) is 0 Å². The first-order valence-electron chi connectivity index (χ1n) is 8.31. The SMILES string of the molecule is Cc1cc(Br)cc(C)c1-n1cc2c(=O)[nH]c(-c3ccnc(C(F)(F)F)n3)nc2n1. The molecule has 0 amide bonds. The number of benzene rings is 1. The molecule has 1 aromatic carbocycles. The van der Waals surface area contributed by atoms with E-state index < -0.39 is 17.6 Å².